The second-order valence-corrected chi connectivity index (χ2v) is 7.97. The minimum absolute atomic E-state index is 0.241. The van der Waals surface area contributed by atoms with Gasteiger partial charge in [0, 0.05) is 17.0 Å². The number of thioether (sulfide) groups is 1. The van der Waals surface area contributed by atoms with Gasteiger partial charge in [-0.2, -0.15) is 0 Å². The van der Waals surface area contributed by atoms with Crippen LogP contribution in [0.5, 0.6) is 5.75 Å². The van der Waals surface area contributed by atoms with Gasteiger partial charge in [-0.1, -0.05) is 44.2 Å². The number of nitrogens with one attached hydrogen (secondary N) is 1. The number of aliphatic carboxylic acids is 1. The summed E-state index contributed by atoms with van der Waals surface area (Å²) in [6.07, 6.45) is 0. The third kappa shape index (κ3) is 6.32. The zero-order valence-corrected chi connectivity index (χ0v) is 16.6. The van der Waals surface area contributed by atoms with Crippen LogP contribution in [0.15, 0.2) is 53.4 Å². The van der Waals surface area contributed by atoms with Crippen LogP contribution >= 0.6 is 11.8 Å². The van der Waals surface area contributed by atoms with Gasteiger partial charge >= 0.3 is 5.97 Å². The molecule has 0 radical (unpaired) electrons. The molecular formula is C21H25NO4S. The molecule has 2 N–H and O–H groups in total. The van der Waals surface area contributed by atoms with Crippen molar-refractivity contribution in [1.29, 1.82) is 0 Å². The van der Waals surface area contributed by atoms with Crippen molar-refractivity contribution in [2.45, 2.75) is 37.5 Å². The fourth-order valence-corrected chi connectivity index (χ4v) is 3.24. The van der Waals surface area contributed by atoms with Crippen molar-refractivity contribution in [3.63, 3.8) is 0 Å². The number of amides is 1. The van der Waals surface area contributed by atoms with Crippen LogP contribution in [0.25, 0.3) is 0 Å². The van der Waals surface area contributed by atoms with Gasteiger partial charge < -0.3 is 15.2 Å². The summed E-state index contributed by atoms with van der Waals surface area (Å²) < 4.78 is 5.82. The lowest BCUT2D eigenvalue weighted by Gasteiger charge is -2.15. The number of para-hydroxylation sites is 1. The summed E-state index contributed by atoms with van der Waals surface area (Å²) in [6.45, 7) is 6.70. The number of carboxylic acids is 1. The maximum atomic E-state index is 12.7. The van der Waals surface area contributed by atoms with E-state index in [0.717, 1.165) is 23.1 Å². The Kier molecular flexibility index (Phi) is 7.73. The fourth-order valence-electron chi connectivity index (χ4n) is 2.32. The van der Waals surface area contributed by atoms with Crippen LogP contribution in [0.3, 0.4) is 0 Å². The Labute approximate surface area is 164 Å². The summed E-state index contributed by atoms with van der Waals surface area (Å²) in [6, 6.07) is 14.6. The smallest absolute Gasteiger partial charge is 0.316 e. The number of carbonyl (C=O) groups excluding carboxylic acids is 1. The first-order valence-electron chi connectivity index (χ1n) is 8.86. The van der Waals surface area contributed by atoms with E-state index < -0.39 is 11.2 Å². The molecule has 0 aromatic heterocycles. The van der Waals surface area contributed by atoms with Crippen molar-refractivity contribution < 1.29 is 19.4 Å². The summed E-state index contributed by atoms with van der Waals surface area (Å²) in [5.41, 5.74) is 1.37. The first-order chi connectivity index (χ1) is 12.9. The normalized spacial score (nSPS) is 11.9. The molecule has 0 saturated heterocycles. The van der Waals surface area contributed by atoms with Crippen LogP contribution in [0, 0.1) is 5.92 Å². The van der Waals surface area contributed by atoms with Crippen LogP contribution < -0.4 is 10.1 Å². The van der Waals surface area contributed by atoms with Crippen molar-refractivity contribution in [2.24, 2.45) is 5.92 Å². The quantitative estimate of drug-likeness (QED) is 0.630. The van der Waals surface area contributed by atoms with Gasteiger partial charge in [-0.3, -0.25) is 9.59 Å². The van der Waals surface area contributed by atoms with Gasteiger partial charge in [0.15, 0.2) is 0 Å². The monoisotopic (exact) mass is 387 g/mol. The zero-order valence-electron chi connectivity index (χ0n) is 15.8. The molecule has 0 spiro atoms. The first kappa shape index (κ1) is 20.8. The Hall–Kier alpha value is -2.47. The minimum Gasteiger partial charge on any atom is -0.493 e. The highest BCUT2D eigenvalue weighted by Gasteiger charge is 2.18. The van der Waals surface area contributed by atoms with Crippen molar-refractivity contribution in [3.8, 4) is 5.75 Å². The average Bonchev–Trinajstić information content (AvgIpc) is 2.65. The molecule has 0 aliphatic rings. The van der Waals surface area contributed by atoms with Gasteiger partial charge in [-0.05, 0) is 31.0 Å². The second kappa shape index (κ2) is 10.0. The van der Waals surface area contributed by atoms with Crippen molar-refractivity contribution in [1.82, 2.24) is 5.32 Å². The Balaban J connectivity index is 2.08. The molecule has 27 heavy (non-hydrogen) atoms. The van der Waals surface area contributed by atoms with Crippen LogP contribution in [-0.2, 0) is 11.3 Å². The van der Waals surface area contributed by atoms with Crippen LogP contribution in [0.4, 0.5) is 0 Å². The molecule has 0 heterocycles. The third-order valence-corrected chi connectivity index (χ3v) is 4.93. The van der Waals surface area contributed by atoms with Crippen LogP contribution in [0.1, 0.15) is 36.7 Å². The largest absolute Gasteiger partial charge is 0.493 e. The van der Waals surface area contributed by atoms with E-state index in [-0.39, 0.29) is 5.91 Å². The molecule has 0 bridgehead atoms. The van der Waals surface area contributed by atoms with E-state index in [1.807, 2.05) is 24.3 Å². The molecule has 144 valence electrons. The predicted molar refractivity (Wildman–Crippen MR) is 107 cm³/mol. The van der Waals surface area contributed by atoms with E-state index >= 15 is 0 Å². The van der Waals surface area contributed by atoms with E-state index in [2.05, 4.69) is 19.2 Å². The Morgan fingerprint density at radius 3 is 2.44 bits per heavy atom. The Bertz CT molecular complexity index is 791. The molecule has 0 fully saturated rings. The standard InChI is InChI=1S/C21H25NO4S/c1-14(2)13-26-18-10-6-4-8-16(18)12-22-20(23)17-9-5-7-11-19(17)27-15(3)21(24)25/h4-11,14-15H,12-13H2,1-3H3,(H,22,23)(H,24,25). The Morgan fingerprint density at radius 1 is 1.07 bits per heavy atom. The lowest BCUT2D eigenvalue weighted by Crippen LogP contribution is -2.24. The molecule has 1 atom stereocenters. The maximum absolute atomic E-state index is 12.7. The van der Waals surface area contributed by atoms with E-state index in [1.54, 1.807) is 31.2 Å². The summed E-state index contributed by atoms with van der Waals surface area (Å²) in [7, 11) is 0. The molecular weight excluding hydrogens is 362 g/mol. The fraction of sp³-hybridized carbons (Fsp3) is 0.333. The lowest BCUT2D eigenvalue weighted by molar-refractivity contribution is -0.136. The molecule has 6 heteroatoms. The van der Waals surface area contributed by atoms with E-state index in [9.17, 15) is 9.59 Å². The molecule has 0 saturated carbocycles. The van der Waals surface area contributed by atoms with Crippen LogP contribution in [-0.4, -0.2) is 28.8 Å². The van der Waals surface area contributed by atoms with Crippen molar-refractivity contribution >= 4 is 23.6 Å². The first-order valence-corrected chi connectivity index (χ1v) is 9.73. The molecule has 5 nitrogen and oxygen atoms in total. The third-order valence-electron chi connectivity index (χ3n) is 3.77. The Morgan fingerprint density at radius 2 is 1.74 bits per heavy atom. The van der Waals surface area contributed by atoms with Gasteiger partial charge in [0.2, 0.25) is 0 Å². The highest BCUT2D eigenvalue weighted by Crippen LogP contribution is 2.27. The second-order valence-electron chi connectivity index (χ2n) is 6.59. The van der Waals surface area contributed by atoms with Gasteiger partial charge in [-0.15, -0.1) is 11.8 Å². The van der Waals surface area contributed by atoms with Crippen molar-refractivity contribution in [3.05, 3.63) is 59.7 Å². The maximum Gasteiger partial charge on any atom is 0.316 e. The summed E-state index contributed by atoms with van der Waals surface area (Å²) in [4.78, 5) is 24.4. The number of carboxylic acid groups (broad SMARTS) is 1. The van der Waals surface area contributed by atoms with Crippen molar-refractivity contribution in [2.75, 3.05) is 6.61 Å². The summed E-state index contributed by atoms with van der Waals surface area (Å²) in [5.74, 6) is 0.0159. The molecule has 0 aliphatic heterocycles. The average molecular weight is 388 g/mol. The van der Waals surface area contributed by atoms with Gasteiger partial charge in [0.05, 0.1) is 12.2 Å². The number of rotatable bonds is 9. The van der Waals surface area contributed by atoms with Gasteiger partial charge in [0.1, 0.15) is 11.0 Å². The highest BCUT2D eigenvalue weighted by molar-refractivity contribution is 8.00. The lowest BCUT2D eigenvalue weighted by atomic mass is 10.1. The molecule has 1 unspecified atom stereocenters. The molecule has 0 aliphatic carbocycles. The van der Waals surface area contributed by atoms with Gasteiger partial charge in [0.25, 0.3) is 5.91 Å². The number of carbonyl (C=O) groups is 2. The van der Waals surface area contributed by atoms with Gasteiger partial charge in [-0.25, -0.2) is 0 Å². The number of benzene rings is 2. The summed E-state index contributed by atoms with van der Waals surface area (Å²) in [5, 5.41) is 11.4. The molecule has 1 amide bonds. The van der Waals surface area contributed by atoms with E-state index in [4.69, 9.17) is 9.84 Å². The molecule has 2 aromatic rings. The number of hydrogen-bond donors (Lipinski definition) is 2. The number of ether oxygens (including phenoxy) is 1. The topological polar surface area (TPSA) is 75.6 Å². The van der Waals surface area contributed by atoms with E-state index in [1.165, 1.54) is 0 Å². The minimum atomic E-state index is -0.911. The molecule has 2 rings (SSSR count). The number of hydrogen-bond acceptors (Lipinski definition) is 4. The molecule has 2 aromatic carbocycles. The summed E-state index contributed by atoms with van der Waals surface area (Å²) >= 11 is 1.16. The van der Waals surface area contributed by atoms with E-state index in [0.29, 0.717) is 29.5 Å². The predicted octanol–water partition coefficient (Wildman–Crippen LogP) is 4.22. The SMILES string of the molecule is CC(C)COc1ccccc1CNC(=O)c1ccccc1SC(C)C(=O)O. The highest BCUT2D eigenvalue weighted by atomic mass is 32.2. The zero-order chi connectivity index (χ0) is 19.8. The van der Waals surface area contributed by atoms with Crippen LogP contribution in [0.2, 0.25) is 0 Å².